The highest BCUT2D eigenvalue weighted by Gasteiger charge is 2.10. The molecule has 2 fully saturated rings. The van der Waals surface area contributed by atoms with E-state index in [9.17, 15) is 0 Å². The van der Waals surface area contributed by atoms with Crippen LogP contribution in [0.3, 0.4) is 0 Å². The van der Waals surface area contributed by atoms with Crippen LogP contribution in [0.2, 0.25) is 0 Å². The molecule has 112 valence electrons. The van der Waals surface area contributed by atoms with E-state index in [0.717, 1.165) is 91.8 Å². The van der Waals surface area contributed by atoms with Crippen molar-refractivity contribution in [2.75, 3.05) is 78.9 Å². The highest BCUT2D eigenvalue weighted by molar-refractivity contribution is 4.62. The van der Waals surface area contributed by atoms with Gasteiger partial charge < -0.3 is 14.2 Å². The van der Waals surface area contributed by atoms with E-state index in [1.165, 1.54) is 0 Å². The van der Waals surface area contributed by atoms with E-state index >= 15 is 0 Å². The molecule has 0 atom stereocenters. The van der Waals surface area contributed by atoms with Gasteiger partial charge in [0.2, 0.25) is 0 Å². The van der Waals surface area contributed by atoms with Crippen LogP contribution in [0.15, 0.2) is 0 Å². The highest BCUT2D eigenvalue weighted by atomic mass is 16.5. The number of ether oxygens (including phenoxy) is 3. The third-order valence-electron chi connectivity index (χ3n) is 3.73. The van der Waals surface area contributed by atoms with Crippen LogP contribution in [-0.2, 0) is 14.2 Å². The van der Waals surface area contributed by atoms with Crippen LogP contribution < -0.4 is 0 Å². The summed E-state index contributed by atoms with van der Waals surface area (Å²) in [5, 5.41) is 0. The topological polar surface area (TPSA) is 34.2 Å². The Morgan fingerprint density at radius 2 is 1.11 bits per heavy atom. The van der Waals surface area contributed by atoms with Crippen molar-refractivity contribution in [2.45, 2.75) is 12.8 Å². The fourth-order valence-corrected chi connectivity index (χ4v) is 2.53. The van der Waals surface area contributed by atoms with Crippen LogP contribution in [0.1, 0.15) is 12.8 Å². The van der Waals surface area contributed by atoms with Crippen molar-refractivity contribution < 1.29 is 14.2 Å². The van der Waals surface area contributed by atoms with Gasteiger partial charge in [-0.3, -0.25) is 9.80 Å². The van der Waals surface area contributed by atoms with E-state index in [2.05, 4.69) is 9.80 Å². The van der Waals surface area contributed by atoms with Crippen molar-refractivity contribution in [1.82, 2.24) is 9.80 Å². The van der Waals surface area contributed by atoms with Gasteiger partial charge in [-0.15, -0.1) is 0 Å². The molecule has 0 unspecified atom stereocenters. The van der Waals surface area contributed by atoms with E-state index in [4.69, 9.17) is 14.2 Å². The summed E-state index contributed by atoms with van der Waals surface area (Å²) in [5.74, 6) is 0. The molecule has 2 saturated heterocycles. The molecule has 0 radical (unpaired) electrons. The first kappa shape index (κ1) is 15.2. The molecule has 0 bridgehead atoms. The molecular weight excluding hydrogens is 244 g/mol. The second-order valence-electron chi connectivity index (χ2n) is 5.23. The Morgan fingerprint density at radius 1 is 0.684 bits per heavy atom. The molecule has 0 aliphatic carbocycles. The van der Waals surface area contributed by atoms with Gasteiger partial charge in [0.1, 0.15) is 0 Å². The Morgan fingerprint density at radius 3 is 1.53 bits per heavy atom. The molecule has 0 aromatic carbocycles. The summed E-state index contributed by atoms with van der Waals surface area (Å²) in [6.45, 7) is 11.9. The highest BCUT2D eigenvalue weighted by Crippen LogP contribution is 2.00. The quantitative estimate of drug-likeness (QED) is 0.599. The Hall–Kier alpha value is -0.200. The van der Waals surface area contributed by atoms with Crippen LogP contribution in [-0.4, -0.2) is 88.7 Å². The molecule has 0 aromatic rings. The summed E-state index contributed by atoms with van der Waals surface area (Å²) < 4.78 is 16.4. The van der Waals surface area contributed by atoms with Gasteiger partial charge in [0.15, 0.2) is 0 Å². The second kappa shape index (κ2) is 9.66. The number of rotatable bonds is 8. The van der Waals surface area contributed by atoms with E-state index in [1.807, 2.05) is 0 Å². The van der Waals surface area contributed by atoms with Crippen molar-refractivity contribution in [3.63, 3.8) is 0 Å². The molecule has 2 aliphatic rings. The molecule has 5 heteroatoms. The molecule has 2 aliphatic heterocycles. The maximum Gasteiger partial charge on any atom is 0.0594 e. The Balaban J connectivity index is 1.35. The largest absolute Gasteiger partial charge is 0.381 e. The average Bonchev–Trinajstić information content (AvgIpc) is 2.48. The summed E-state index contributed by atoms with van der Waals surface area (Å²) >= 11 is 0. The first-order valence-corrected chi connectivity index (χ1v) is 7.63. The maximum atomic E-state index is 5.70. The molecule has 0 spiro atoms. The van der Waals surface area contributed by atoms with Crippen LogP contribution in [0.4, 0.5) is 0 Å². The number of hydrogen-bond donors (Lipinski definition) is 0. The predicted molar refractivity (Wildman–Crippen MR) is 74.6 cm³/mol. The minimum absolute atomic E-state index is 0.889. The zero-order valence-corrected chi connectivity index (χ0v) is 12.0. The lowest BCUT2D eigenvalue weighted by Gasteiger charge is -2.27. The van der Waals surface area contributed by atoms with Crippen molar-refractivity contribution in [3.05, 3.63) is 0 Å². The second-order valence-corrected chi connectivity index (χ2v) is 5.23. The lowest BCUT2D eigenvalue weighted by atomic mass is 10.3. The van der Waals surface area contributed by atoms with Crippen molar-refractivity contribution in [2.24, 2.45) is 0 Å². The standard InChI is InChI=1S/C14H28N2O3/c1(3-15-5-11-18-12-6-15)9-17-10-2-4-16-7-13-19-14-8-16/h1-14H2. The van der Waals surface area contributed by atoms with Gasteiger partial charge in [0.25, 0.3) is 0 Å². The number of hydrogen-bond acceptors (Lipinski definition) is 5. The Bertz CT molecular complexity index is 195. The molecule has 2 rings (SSSR count). The van der Waals surface area contributed by atoms with E-state index in [-0.39, 0.29) is 0 Å². The van der Waals surface area contributed by atoms with Crippen LogP contribution >= 0.6 is 0 Å². The first-order valence-electron chi connectivity index (χ1n) is 7.63. The van der Waals surface area contributed by atoms with Crippen LogP contribution in [0.5, 0.6) is 0 Å². The van der Waals surface area contributed by atoms with Crippen LogP contribution in [0.25, 0.3) is 0 Å². The summed E-state index contributed by atoms with van der Waals surface area (Å²) in [6.07, 6.45) is 2.27. The van der Waals surface area contributed by atoms with Crippen LogP contribution in [0, 0.1) is 0 Å². The smallest absolute Gasteiger partial charge is 0.0594 e. The fourth-order valence-electron chi connectivity index (χ4n) is 2.53. The SMILES string of the molecule is C(COCCCN1CCOCC1)CN1CCOCC1. The zero-order chi connectivity index (χ0) is 13.2. The van der Waals surface area contributed by atoms with Crippen molar-refractivity contribution >= 4 is 0 Å². The van der Waals surface area contributed by atoms with Gasteiger partial charge >= 0.3 is 0 Å². The summed E-state index contributed by atoms with van der Waals surface area (Å²) in [5.41, 5.74) is 0. The molecule has 19 heavy (non-hydrogen) atoms. The lowest BCUT2D eigenvalue weighted by molar-refractivity contribution is 0.0263. The molecule has 0 saturated carbocycles. The lowest BCUT2D eigenvalue weighted by Crippen LogP contribution is -2.37. The van der Waals surface area contributed by atoms with Gasteiger partial charge in [-0.05, 0) is 12.8 Å². The maximum absolute atomic E-state index is 5.70. The third kappa shape index (κ3) is 6.68. The van der Waals surface area contributed by atoms with Gasteiger partial charge in [-0.2, -0.15) is 0 Å². The van der Waals surface area contributed by atoms with E-state index in [0.29, 0.717) is 0 Å². The Kier molecular flexibility index (Phi) is 7.73. The van der Waals surface area contributed by atoms with E-state index < -0.39 is 0 Å². The van der Waals surface area contributed by atoms with E-state index in [1.54, 1.807) is 0 Å². The molecule has 0 N–H and O–H groups in total. The number of nitrogens with zero attached hydrogens (tertiary/aromatic N) is 2. The monoisotopic (exact) mass is 272 g/mol. The third-order valence-corrected chi connectivity index (χ3v) is 3.73. The summed E-state index contributed by atoms with van der Waals surface area (Å²) in [6, 6.07) is 0. The number of morpholine rings is 2. The van der Waals surface area contributed by atoms with Crippen molar-refractivity contribution in [3.8, 4) is 0 Å². The summed E-state index contributed by atoms with van der Waals surface area (Å²) in [4.78, 5) is 4.92. The summed E-state index contributed by atoms with van der Waals surface area (Å²) in [7, 11) is 0. The molecule has 0 amide bonds. The molecule has 0 aromatic heterocycles. The average molecular weight is 272 g/mol. The fraction of sp³-hybridized carbons (Fsp3) is 1.00. The molecule has 5 nitrogen and oxygen atoms in total. The van der Waals surface area contributed by atoms with Crippen molar-refractivity contribution in [1.29, 1.82) is 0 Å². The predicted octanol–water partition coefficient (Wildman–Crippen LogP) is 0.448. The zero-order valence-electron chi connectivity index (χ0n) is 12.0. The minimum atomic E-state index is 0.889. The van der Waals surface area contributed by atoms with Gasteiger partial charge in [-0.1, -0.05) is 0 Å². The van der Waals surface area contributed by atoms with Gasteiger partial charge in [0.05, 0.1) is 26.4 Å². The van der Waals surface area contributed by atoms with Gasteiger partial charge in [0, 0.05) is 52.5 Å². The first-order chi connectivity index (χ1) is 9.45. The minimum Gasteiger partial charge on any atom is -0.381 e. The Labute approximate surface area is 116 Å². The molecular formula is C14H28N2O3. The molecule has 2 heterocycles. The normalized spacial score (nSPS) is 22.7. The van der Waals surface area contributed by atoms with Gasteiger partial charge in [-0.25, -0.2) is 0 Å².